The monoisotopic (exact) mass is 320 g/mol. The van der Waals surface area contributed by atoms with Crippen molar-refractivity contribution in [3.63, 3.8) is 0 Å². The Hall–Kier alpha value is -2.10. The van der Waals surface area contributed by atoms with E-state index in [1.807, 2.05) is 30.3 Å². The smallest absolute Gasteiger partial charge is 0.264 e. The largest absolute Gasteiger partial charge is 0.404 e. The molecule has 21 heavy (non-hydrogen) atoms. The first-order valence-electron chi connectivity index (χ1n) is 5.75. The minimum absolute atomic E-state index is 0.254. The van der Waals surface area contributed by atoms with Crippen molar-refractivity contribution < 1.29 is 21.6 Å². The summed E-state index contributed by atoms with van der Waals surface area (Å²) in [4.78, 5) is 0. The maximum atomic E-state index is 12.1. The number of hydrogen-bond acceptors (Lipinski definition) is 4. The lowest BCUT2D eigenvalue weighted by molar-refractivity contribution is -0.106. The first-order valence-corrected chi connectivity index (χ1v) is 7.40. The zero-order valence-corrected chi connectivity index (χ0v) is 11.4. The Balaban J connectivity index is 2.04. The molecule has 0 spiro atoms. The molecule has 114 valence electrons. The van der Waals surface area contributed by atoms with Crippen LogP contribution in [-0.4, -0.2) is 35.3 Å². The van der Waals surface area contributed by atoms with Gasteiger partial charge in [-0.3, -0.25) is 4.72 Å². The highest BCUT2D eigenvalue weighted by atomic mass is 32.2. The Morgan fingerprint density at radius 1 is 1.19 bits per heavy atom. The summed E-state index contributed by atoms with van der Waals surface area (Å²) in [5.41, 5.74) is 0.895. The quantitative estimate of drug-likeness (QED) is 0.908. The van der Waals surface area contributed by atoms with Gasteiger partial charge < -0.3 is 0 Å². The number of anilines is 1. The first-order chi connectivity index (χ1) is 9.73. The minimum atomic E-state index is -4.81. The maximum Gasteiger partial charge on any atom is 0.404 e. The fraction of sp³-hybridized carbons (Fsp3) is 0.273. The molecule has 0 unspecified atom stereocenters. The number of rotatable bonds is 5. The molecule has 0 amide bonds. The highest BCUT2D eigenvalue weighted by Gasteiger charge is 2.35. The molecule has 0 fully saturated rings. The van der Waals surface area contributed by atoms with E-state index in [0.717, 1.165) is 5.56 Å². The third kappa shape index (κ3) is 5.06. The molecule has 0 radical (unpaired) electrons. The molecule has 10 heteroatoms. The van der Waals surface area contributed by atoms with Crippen molar-refractivity contribution in [2.45, 2.75) is 12.7 Å². The summed E-state index contributed by atoms with van der Waals surface area (Å²) in [5, 5.41) is 7.13. The number of nitrogens with zero attached hydrogens (tertiary/aromatic N) is 3. The molecule has 2 aromatic rings. The van der Waals surface area contributed by atoms with Gasteiger partial charge in [0, 0.05) is 0 Å². The fourth-order valence-electron chi connectivity index (χ4n) is 1.60. The third-order valence-electron chi connectivity index (χ3n) is 2.34. The van der Waals surface area contributed by atoms with Gasteiger partial charge in [0.2, 0.25) is 10.0 Å². The number of hydrogen-bond donors (Lipinski definition) is 1. The highest BCUT2D eigenvalue weighted by molar-refractivity contribution is 7.92. The lowest BCUT2D eigenvalue weighted by Crippen LogP contribution is -2.27. The van der Waals surface area contributed by atoms with E-state index in [4.69, 9.17) is 0 Å². The van der Waals surface area contributed by atoms with Crippen LogP contribution in [0.1, 0.15) is 5.56 Å². The van der Waals surface area contributed by atoms with Crippen molar-refractivity contribution in [2.75, 3.05) is 10.5 Å². The molecule has 0 saturated heterocycles. The number of alkyl halides is 3. The van der Waals surface area contributed by atoms with E-state index in [0.29, 0.717) is 6.54 Å². The van der Waals surface area contributed by atoms with Gasteiger partial charge in [0.25, 0.3) is 0 Å². The van der Waals surface area contributed by atoms with Gasteiger partial charge in [-0.2, -0.15) is 13.2 Å². The maximum absolute atomic E-state index is 12.1. The van der Waals surface area contributed by atoms with Gasteiger partial charge in [0.15, 0.2) is 11.6 Å². The van der Waals surface area contributed by atoms with E-state index in [-0.39, 0.29) is 5.82 Å². The summed E-state index contributed by atoms with van der Waals surface area (Å²) in [7, 11) is -4.54. The molecule has 0 aliphatic heterocycles. The Morgan fingerprint density at radius 3 is 2.48 bits per heavy atom. The van der Waals surface area contributed by atoms with Crippen LogP contribution in [0, 0.1) is 0 Å². The third-order valence-corrected chi connectivity index (χ3v) is 3.57. The molecule has 0 aliphatic carbocycles. The molecule has 0 aliphatic rings. The van der Waals surface area contributed by atoms with Crippen molar-refractivity contribution in [1.82, 2.24) is 15.0 Å². The predicted molar refractivity (Wildman–Crippen MR) is 69.0 cm³/mol. The summed E-state index contributed by atoms with van der Waals surface area (Å²) in [6.45, 7) is 0.328. The van der Waals surface area contributed by atoms with Crippen LogP contribution in [0.5, 0.6) is 0 Å². The molecule has 1 aromatic carbocycles. The number of aromatic nitrogens is 3. The standard InChI is InChI=1S/C11H11F3N4O2S/c12-11(13,14)8-21(19,20)16-10-7-18(17-15-10)6-9-4-2-1-3-5-9/h1-5,7,16H,6,8H2. The van der Waals surface area contributed by atoms with Crippen molar-refractivity contribution in [1.29, 1.82) is 0 Å². The summed E-state index contributed by atoms with van der Waals surface area (Å²) < 4.78 is 61.9. The first kappa shape index (κ1) is 15.3. The second-order valence-electron chi connectivity index (χ2n) is 4.26. The van der Waals surface area contributed by atoms with Crippen molar-refractivity contribution in [3.8, 4) is 0 Å². The van der Waals surface area contributed by atoms with Crippen LogP contribution in [0.2, 0.25) is 0 Å². The van der Waals surface area contributed by atoms with Crippen LogP contribution in [0.25, 0.3) is 0 Å². The molecule has 1 heterocycles. The van der Waals surface area contributed by atoms with Crippen molar-refractivity contribution in [2.24, 2.45) is 0 Å². The van der Waals surface area contributed by atoms with E-state index in [2.05, 4.69) is 10.3 Å². The Bertz CT molecular complexity index is 698. The van der Waals surface area contributed by atoms with E-state index < -0.39 is 22.0 Å². The van der Waals surface area contributed by atoms with Crippen LogP contribution in [0.3, 0.4) is 0 Å². The average Bonchev–Trinajstić information content (AvgIpc) is 2.73. The molecule has 1 aromatic heterocycles. The Kier molecular flexibility index (Phi) is 4.16. The van der Waals surface area contributed by atoms with Gasteiger partial charge in [0.05, 0.1) is 12.7 Å². The SMILES string of the molecule is O=S(=O)(CC(F)(F)F)Nc1cn(Cc2ccccc2)nn1. The Labute approximate surface area is 118 Å². The van der Waals surface area contributed by atoms with Gasteiger partial charge in [-0.15, -0.1) is 5.10 Å². The summed E-state index contributed by atoms with van der Waals surface area (Å²) in [6, 6.07) is 9.13. The molecule has 0 atom stereocenters. The van der Waals surface area contributed by atoms with Crippen LogP contribution in [-0.2, 0) is 16.6 Å². The van der Waals surface area contributed by atoms with Crippen LogP contribution in [0.4, 0.5) is 19.0 Å². The predicted octanol–water partition coefficient (Wildman–Crippen LogP) is 1.63. The van der Waals surface area contributed by atoms with Crippen LogP contribution >= 0.6 is 0 Å². The molecule has 6 nitrogen and oxygen atoms in total. The van der Waals surface area contributed by atoms with E-state index in [9.17, 15) is 21.6 Å². The lowest BCUT2D eigenvalue weighted by atomic mass is 10.2. The van der Waals surface area contributed by atoms with Gasteiger partial charge in [0.1, 0.15) is 0 Å². The van der Waals surface area contributed by atoms with Crippen LogP contribution in [0.15, 0.2) is 36.5 Å². The topological polar surface area (TPSA) is 76.9 Å². The summed E-state index contributed by atoms with van der Waals surface area (Å²) in [5.74, 6) is -2.22. The van der Waals surface area contributed by atoms with Gasteiger partial charge >= 0.3 is 6.18 Å². The van der Waals surface area contributed by atoms with E-state index in [1.165, 1.54) is 10.9 Å². The molecular weight excluding hydrogens is 309 g/mol. The molecule has 1 N–H and O–H groups in total. The zero-order valence-electron chi connectivity index (χ0n) is 10.6. The number of benzene rings is 1. The van der Waals surface area contributed by atoms with Crippen molar-refractivity contribution >= 4 is 15.8 Å². The molecule has 0 saturated carbocycles. The fourth-order valence-corrected chi connectivity index (χ4v) is 2.52. The van der Waals surface area contributed by atoms with Crippen LogP contribution < -0.4 is 4.72 Å². The van der Waals surface area contributed by atoms with Crippen molar-refractivity contribution in [3.05, 3.63) is 42.1 Å². The zero-order chi connectivity index (χ0) is 15.5. The second kappa shape index (κ2) is 5.72. The van der Waals surface area contributed by atoms with Gasteiger partial charge in [-0.1, -0.05) is 35.5 Å². The summed E-state index contributed by atoms with van der Waals surface area (Å²) >= 11 is 0. The highest BCUT2D eigenvalue weighted by Crippen LogP contribution is 2.18. The number of sulfonamides is 1. The van der Waals surface area contributed by atoms with Gasteiger partial charge in [-0.05, 0) is 5.56 Å². The average molecular weight is 320 g/mol. The molecule has 2 rings (SSSR count). The van der Waals surface area contributed by atoms with E-state index >= 15 is 0 Å². The Morgan fingerprint density at radius 2 is 1.86 bits per heavy atom. The molecular formula is C11H11F3N4O2S. The minimum Gasteiger partial charge on any atom is -0.264 e. The van der Waals surface area contributed by atoms with E-state index in [1.54, 1.807) is 4.72 Å². The normalized spacial score (nSPS) is 12.3. The lowest BCUT2D eigenvalue weighted by Gasteiger charge is -2.07. The number of nitrogens with one attached hydrogen (secondary N) is 1. The summed E-state index contributed by atoms with van der Waals surface area (Å²) in [6.07, 6.45) is -3.59. The molecule has 0 bridgehead atoms. The van der Waals surface area contributed by atoms with Gasteiger partial charge in [-0.25, -0.2) is 13.1 Å². The number of halogens is 3. The second-order valence-corrected chi connectivity index (χ2v) is 5.99.